The first-order chi connectivity index (χ1) is 14.1. The van der Waals surface area contributed by atoms with Crippen LogP contribution in [0.5, 0.6) is 0 Å². The van der Waals surface area contributed by atoms with E-state index in [1.165, 1.54) is 26.4 Å². The van der Waals surface area contributed by atoms with Crippen molar-refractivity contribution >= 4 is 11.9 Å². The molecule has 3 aliphatic rings. The van der Waals surface area contributed by atoms with Gasteiger partial charge in [0.25, 0.3) is 0 Å². The van der Waals surface area contributed by atoms with Crippen LogP contribution < -0.4 is 5.32 Å². The lowest BCUT2D eigenvalue weighted by molar-refractivity contribution is -0.196. The van der Waals surface area contributed by atoms with Gasteiger partial charge in [-0.25, -0.2) is 4.79 Å². The number of hydrogen-bond donors (Lipinski definition) is 2. The second-order valence-electron chi connectivity index (χ2n) is 8.58. The smallest absolute Gasteiger partial charge is 0.317 e. The van der Waals surface area contributed by atoms with Crippen molar-refractivity contribution in [2.75, 3.05) is 33.4 Å². The van der Waals surface area contributed by atoms with Crippen LogP contribution in [0.4, 0.5) is 4.79 Å². The molecule has 1 aliphatic carbocycles. The molecule has 0 unspecified atom stereocenters. The first-order valence-corrected chi connectivity index (χ1v) is 10.6. The summed E-state index contributed by atoms with van der Waals surface area (Å²) in [6.07, 6.45) is 5.67. The number of rotatable bonds is 5. The fourth-order valence-electron chi connectivity index (χ4n) is 5.53. The molecule has 2 N–H and O–H groups in total. The standard InChI is InChI=1S/C22H31N3O4/c1-29-13-19(27)25-18(12-26)20(16-8-4-2-5-9-16)22(25)14-24(15-22)21(28)23-17-10-6-3-7-11-17/h2,4-5,8-9,17-18,20,26H,3,6-7,10-15H2,1H3,(H,23,28)/t18-,20+/m0/s1. The van der Waals surface area contributed by atoms with Gasteiger partial charge in [-0.3, -0.25) is 4.79 Å². The average molecular weight is 402 g/mol. The van der Waals surface area contributed by atoms with Gasteiger partial charge in [-0.2, -0.15) is 0 Å². The highest BCUT2D eigenvalue weighted by Gasteiger charge is 2.68. The van der Waals surface area contributed by atoms with Crippen LogP contribution in [0, 0.1) is 0 Å². The van der Waals surface area contributed by atoms with E-state index in [0.717, 1.165) is 18.4 Å². The zero-order chi connectivity index (χ0) is 20.4. The van der Waals surface area contributed by atoms with Crippen LogP contribution in [0.15, 0.2) is 30.3 Å². The zero-order valence-corrected chi connectivity index (χ0v) is 17.0. The van der Waals surface area contributed by atoms with Gasteiger partial charge < -0.3 is 25.0 Å². The molecule has 3 fully saturated rings. The Balaban J connectivity index is 1.50. The maximum Gasteiger partial charge on any atom is 0.317 e. The number of carbonyl (C=O) groups excluding carboxylic acids is 2. The van der Waals surface area contributed by atoms with Crippen LogP contribution in [-0.4, -0.2) is 77.9 Å². The number of nitrogens with zero attached hydrogens (tertiary/aromatic N) is 2. The van der Waals surface area contributed by atoms with Gasteiger partial charge in [0.05, 0.1) is 18.2 Å². The van der Waals surface area contributed by atoms with E-state index >= 15 is 0 Å². The van der Waals surface area contributed by atoms with Gasteiger partial charge in [-0.1, -0.05) is 49.6 Å². The molecule has 29 heavy (non-hydrogen) atoms. The molecule has 2 aliphatic heterocycles. The van der Waals surface area contributed by atoms with E-state index in [-0.39, 0.29) is 43.2 Å². The Hall–Kier alpha value is -2.12. The predicted octanol–water partition coefficient (Wildman–Crippen LogP) is 1.72. The number of likely N-dealkylation sites (tertiary alicyclic amines) is 2. The SMILES string of the molecule is COCC(=O)N1[C@@H](CO)[C@@H](c2ccccc2)C12CN(C(=O)NC1CCCCC1)C2. The van der Waals surface area contributed by atoms with Crippen LogP contribution in [0.3, 0.4) is 0 Å². The van der Waals surface area contributed by atoms with E-state index in [1.807, 2.05) is 30.3 Å². The van der Waals surface area contributed by atoms with Crippen LogP contribution >= 0.6 is 0 Å². The lowest BCUT2D eigenvalue weighted by Gasteiger charge is -2.70. The summed E-state index contributed by atoms with van der Waals surface area (Å²) in [6.45, 7) is 0.840. The van der Waals surface area contributed by atoms with Gasteiger partial charge in [0.1, 0.15) is 6.61 Å². The van der Waals surface area contributed by atoms with Crippen LogP contribution in [-0.2, 0) is 9.53 Å². The predicted molar refractivity (Wildman–Crippen MR) is 108 cm³/mol. The van der Waals surface area contributed by atoms with Crippen LogP contribution in [0.2, 0.25) is 0 Å². The van der Waals surface area contributed by atoms with E-state index < -0.39 is 5.54 Å². The Morgan fingerprint density at radius 1 is 1.17 bits per heavy atom. The van der Waals surface area contributed by atoms with Crippen molar-refractivity contribution in [3.8, 4) is 0 Å². The fraction of sp³-hybridized carbons (Fsp3) is 0.636. The number of aliphatic hydroxyl groups is 1. The van der Waals surface area contributed by atoms with E-state index in [0.29, 0.717) is 13.1 Å². The number of benzene rings is 1. The van der Waals surface area contributed by atoms with Gasteiger partial charge in [-0.15, -0.1) is 0 Å². The van der Waals surface area contributed by atoms with Crippen molar-refractivity contribution in [3.05, 3.63) is 35.9 Å². The summed E-state index contributed by atoms with van der Waals surface area (Å²) >= 11 is 0. The summed E-state index contributed by atoms with van der Waals surface area (Å²) in [7, 11) is 1.50. The Morgan fingerprint density at radius 2 is 1.86 bits per heavy atom. The third-order valence-corrected chi connectivity index (χ3v) is 6.81. The summed E-state index contributed by atoms with van der Waals surface area (Å²) in [4.78, 5) is 29.1. The molecule has 7 nitrogen and oxygen atoms in total. The molecule has 2 heterocycles. The maximum atomic E-state index is 12.8. The third-order valence-electron chi connectivity index (χ3n) is 6.81. The van der Waals surface area contributed by atoms with Crippen LogP contribution in [0.1, 0.15) is 43.6 Å². The number of amides is 3. The first kappa shape index (κ1) is 20.2. The molecule has 1 saturated carbocycles. The molecule has 0 radical (unpaired) electrons. The summed E-state index contributed by atoms with van der Waals surface area (Å²) in [5, 5.41) is 13.2. The summed E-state index contributed by atoms with van der Waals surface area (Å²) < 4.78 is 5.07. The summed E-state index contributed by atoms with van der Waals surface area (Å²) in [5.41, 5.74) is 0.634. The zero-order valence-electron chi connectivity index (χ0n) is 17.0. The van der Waals surface area contributed by atoms with Crippen molar-refractivity contribution in [3.63, 3.8) is 0 Å². The van der Waals surface area contributed by atoms with Crippen molar-refractivity contribution in [2.45, 2.75) is 55.6 Å². The minimum atomic E-state index is -0.464. The molecule has 158 valence electrons. The van der Waals surface area contributed by atoms with Crippen LogP contribution in [0.25, 0.3) is 0 Å². The molecule has 2 saturated heterocycles. The molecule has 1 aromatic carbocycles. The monoisotopic (exact) mass is 401 g/mol. The van der Waals surface area contributed by atoms with Crippen molar-refractivity contribution in [1.29, 1.82) is 0 Å². The number of methoxy groups -OCH3 is 1. The molecule has 7 heteroatoms. The van der Waals surface area contributed by atoms with E-state index in [1.54, 1.807) is 9.80 Å². The first-order valence-electron chi connectivity index (χ1n) is 10.6. The fourth-order valence-corrected chi connectivity index (χ4v) is 5.53. The van der Waals surface area contributed by atoms with Crippen molar-refractivity contribution in [2.24, 2.45) is 0 Å². The Morgan fingerprint density at radius 3 is 2.48 bits per heavy atom. The minimum Gasteiger partial charge on any atom is -0.394 e. The minimum absolute atomic E-state index is 0.00763. The summed E-state index contributed by atoms with van der Waals surface area (Å²) in [6, 6.07) is 9.92. The lowest BCUT2D eigenvalue weighted by atomic mass is 9.60. The van der Waals surface area contributed by atoms with E-state index in [4.69, 9.17) is 4.74 Å². The van der Waals surface area contributed by atoms with E-state index in [9.17, 15) is 14.7 Å². The molecular formula is C22H31N3O4. The van der Waals surface area contributed by atoms with Gasteiger partial charge >= 0.3 is 6.03 Å². The second kappa shape index (κ2) is 8.32. The number of nitrogens with one attached hydrogen (secondary N) is 1. The molecule has 1 spiro atoms. The highest BCUT2D eigenvalue weighted by molar-refractivity contribution is 5.83. The van der Waals surface area contributed by atoms with Crippen molar-refractivity contribution in [1.82, 2.24) is 15.1 Å². The molecule has 1 aromatic rings. The highest BCUT2D eigenvalue weighted by atomic mass is 16.5. The molecule has 3 amide bonds. The number of carbonyl (C=O) groups is 2. The molecule has 0 bridgehead atoms. The largest absolute Gasteiger partial charge is 0.394 e. The molecule has 2 atom stereocenters. The Labute approximate surface area is 172 Å². The van der Waals surface area contributed by atoms with Crippen molar-refractivity contribution < 1.29 is 19.4 Å². The number of aliphatic hydroxyl groups excluding tert-OH is 1. The van der Waals surface area contributed by atoms with Gasteiger partial charge in [-0.05, 0) is 18.4 Å². The van der Waals surface area contributed by atoms with Gasteiger partial charge in [0.15, 0.2) is 0 Å². The number of ether oxygens (including phenoxy) is 1. The van der Waals surface area contributed by atoms with Gasteiger partial charge in [0, 0.05) is 32.2 Å². The Bertz CT molecular complexity index is 729. The molecular weight excluding hydrogens is 370 g/mol. The third kappa shape index (κ3) is 3.51. The Kier molecular flexibility index (Phi) is 5.79. The molecule has 0 aromatic heterocycles. The number of urea groups is 1. The highest BCUT2D eigenvalue weighted by Crippen LogP contribution is 2.53. The summed E-state index contributed by atoms with van der Waals surface area (Å²) in [5.74, 6) is -0.126. The average Bonchev–Trinajstić information content (AvgIpc) is 2.68. The topological polar surface area (TPSA) is 82.1 Å². The maximum absolute atomic E-state index is 12.8. The van der Waals surface area contributed by atoms with Gasteiger partial charge in [0.2, 0.25) is 5.91 Å². The normalized spacial score (nSPS) is 26.0. The van der Waals surface area contributed by atoms with E-state index in [2.05, 4.69) is 5.32 Å². The number of hydrogen-bond acceptors (Lipinski definition) is 4. The second-order valence-corrected chi connectivity index (χ2v) is 8.58. The quantitative estimate of drug-likeness (QED) is 0.787. The molecule has 4 rings (SSSR count). The lowest BCUT2D eigenvalue weighted by Crippen LogP contribution is -2.86.